The molecule has 0 aromatic carbocycles. The minimum atomic E-state index is -0.417. The van der Waals surface area contributed by atoms with Crippen LogP contribution in [0.5, 0.6) is 0 Å². The summed E-state index contributed by atoms with van der Waals surface area (Å²) < 4.78 is 0. The molecule has 1 aromatic rings. The first-order chi connectivity index (χ1) is 6.29. The van der Waals surface area contributed by atoms with Gasteiger partial charge in [0.05, 0.1) is 0 Å². The van der Waals surface area contributed by atoms with Crippen molar-refractivity contribution in [3.8, 4) is 0 Å². The Labute approximate surface area is 76.5 Å². The van der Waals surface area contributed by atoms with E-state index < -0.39 is 5.91 Å². The van der Waals surface area contributed by atoms with Crippen LogP contribution in [0.4, 0.5) is 0 Å². The number of aryl methyl sites for hydroxylation is 1. The molecule has 4 heteroatoms. The van der Waals surface area contributed by atoms with Gasteiger partial charge >= 0.3 is 0 Å². The number of aromatic nitrogens is 2. The lowest BCUT2D eigenvalue weighted by Gasteiger charge is -1.96. The zero-order valence-electron chi connectivity index (χ0n) is 7.47. The van der Waals surface area contributed by atoms with Gasteiger partial charge in [-0.1, -0.05) is 6.42 Å². The van der Waals surface area contributed by atoms with Crippen LogP contribution < -0.4 is 5.73 Å². The highest BCUT2D eigenvalue weighted by Gasteiger charge is 2.18. The third kappa shape index (κ3) is 1.43. The van der Waals surface area contributed by atoms with Gasteiger partial charge in [0, 0.05) is 11.3 Å². The van der Waals surface area contributed by atoms with Crippen molar-refractivity contribution in [3.63, 3.8) is 0 Å². The summed E-state index contributed by atoms with van der Waals surface area (Å²) in [7, 11) is 0. The van der Waals surface area contributed by atoms with Crippen LogP contribution in [-0.2, 0) is 12.8 Å². The molecule has 1 aromatic heterocycles. The number of nitrogens with zero attached hydrogens (tertiary/aromatic N) is 1. The Bertz CT molecular complexity index is 330. The van der Waals surface area contributed by atoms with E-state index in [1.807, 2.05) is 0 Å². The van der Waals surface area contributed by atoms with E-state index in [9.17, 15) is 4.79 Å². The molecule has 0 saturated carbocycles. The highest BCUT2D eigenvalue weighted by Crippen LogP contribution is 2.20. The third-order valence-electron chi connectivity index (χ3n) is 2.54. The second-order valence-electron chi connectivity index (χ2n) is 3.45. The van der Waals surface area contributed by atoms with Gasteiger partial charge in [-0.15, -0.1) is 0 Å². The second-order valence-corrected chi connectivity index (χ2v) is 3.45. The van der Waals surface area contributed by atoms with Crippen LogP contribution in [0.3, 0.4) is 0 Å². The van der Waals surface area contributed by atoms with Crippen molar-refractivity contribution in [1.82, 2.24) is 10.2 Å². The fraction of sp³-hybridized carbons (Fsp3) is 0.556. The number of hydrogen-bond acceptors (Lipinski definition) is 2. The molecular formula is C9H13N3O. The van der Waals surface area contributed by atoms with E-state index in [2.05, 4.69) is 10.2 Å². The Balaban J connectivity index is 2.39. The fourth-order valence-corrected chi connectivity index (χ4v) is 1.86. The molecule has 1 aliphatic rings. The smallest absolute Gasteiger partial charge is 0.269 e. The number of carbonyl (C=O) groups excluding carboxylic acids is 1. The van der Waals surface area contributed by atoms with Gasteiger partial charge in [0.2, 0.25) is 0 Å². The number of hydrogen-bond donors (Lipinski definition) is 2. The zero-order chi connectivity index (χ0) is 9.26. The highest BCUT2D eigenvalue weighted by molar-refractivity contribution is 5.92. The van der Waals surface area contributed by atoms with E-state index in [-0.39, 0.29) is 0 Å². The Morgan fingerprint density at radius 1 is 1.31 bits per heavy atom. The monoisotopic (exact) mass is 179 g/mol. The summed E-state index contributed by atoms with van der Waals surface area (Å²) >= 11 is 0. The Hall–Kier alpha value is -1.32. The second kappa shape index (κ2) is 3.20. The van der Waals surface area contributed by atoms with E-state index in [4.69, 9.17) is 5.73 Å². The predicted molar refractivity (Wildman–Crippen MR) is 48.4 cm³/mol. The van der Waals surface area contributed by atoms with E-state index in [1.54, 1.807) is 0 Å². The molecule has 0 radical (unpaired) electrons. The molecule has 70 valence electrons. The van der Waals surface area contributed by atoms with Crippen molar-refractivity contribution >= 4 is 5.91 Å². The summed E-state index contributed by atoms with van der Waals surface area (Å²) in [6.07, 6.45) is 5.46. The molecule has 2 rings (SSSR count). The molecule has 0 spiro atoms. The molecule has 1 aliphatic carbocycles. The van der Waals surface area contributed by atoms with Gasteiger partial charge < -0.3 is 5.73 Å². The molecule has 0 atom stereocenters. The minimum absolute atomic E-state index is 0.417. The van der Waals surface area contributed by atoms with Crippen LogP contribution >= 0.6 is 0 Å². The number of rotatable bonds is 1. The Kier molecular flexibility index (Phi) is 2.04. The van der Waals surface area contributed by atoms with Crippen LogP contribution in [0.15, 0.2) is 0 Å². The Morgan fingerprint density at radius 2 is 2.08 bits per heavy atom. The molecule has 0 saturated heterocycles. The van der Waals surface area contributed by atoms with Gasteiger partial charge in [-0.2, -0.15) is 5.10 Å². The maximum absolute atomic E-state index is 11.0. The van der Waals surface area contributed by atoms with E-state index in [0.29, 0.717) is 5.69 Å². The quantitative estimate of drug-likeness (QED) is 0.625. The van der Waals surface area contributed by atoms with Gasteiger partial charge in [0.25, 0.3) is 5.91 Å². The van der Waals surface area contributed by atoms with Crippen LogP contribution in [0, 0.1) is 0 Å². The third-order valence-corrected chi connectivity index (χ3v) is 2.54. The fourth-order valence-electron chi connectivity index (χ4n) is 1.86. The zero-order valence-corrected chi connectivity index (χ0v) is 7.47. The molecule has 3 N–H and O–H groups in total. The highest BCUT2D eigenvalue weighted by atomic mass is 16.1. The number of nitrogens with one attached hydrogen (secondary N) is 1. The average molecular weight is 179 g/mol. The van der Waals surface area contributed by atoms with Crippen LogP contribution in [0.1, 0.15) is 41.0 Å². The van der Waals surface area contributed by atoms with Crippen molar-refractivity contribution in [3.05, 3.63) is 17.0 Å². The van der Waals surface area contributed by atoms with Crippen molar-refractivity contribution in [2.75, 3.05) is 0 Å². The first-order valence-electron chi connectivity index (χ1n) is 4.65. The molecule has 4 nitrogen and oxygen atoms in total. The first-order valence-corrected chi connectivity index (χ1v) is 4.65. The number of fused-ring (bicyclic) bond motifs is 1. The average Bonchev–Trinajstić information content (AvgIpc) is 2.36. The maximum atomic E-state index is 11.0. The molecule has 0 unspecified atom stereocenters. The summed E-state index contributed by atoms with van der Waals surface area (Å²) in [4.78, 5) is 11.0. The van der Waals surface area contributed by atoms with E-state index in [0.717, 1.165) is 30.5 Å². The number of primary amides is 1. The summed E-state index contributed by atoms with van der Waals surface area (Å²) in [5.41, 5.74) is 7.80. The van der Waals surface area contributed by atoms with Gasteiger partial charge in [-0.25, -0.2) is 0 Å². The topological polar surface area (TPSA) is 71.8 Å². The van der Waals surface area contributed by atoms with Gasteiger partial charge in [0.1, 0.15) is 0 Å². The molecule has 1 amide bonds. The molecule has 13 heavy (non-hydrogen) atoms. The number of amides is 1. The van der Waals surface area contributed by atoms with Crippen LogP contribution in [0.2, 0.25) is 0 Å². The lowest BCUT2D eigenvalue weighted by molar-refractivity contribution is 0.0994. The summed E-state index contributed by atoms with van der Waals surface area (Å²) in [6, 6.07) is 0. The Morgan fingerprint density at radius 3 is 2.85 bits per heavy atom. The van der Waals surface area contributed by atoms with Gasteiger partial charge in [0.15, 0.2) is 5.69 Å². The van der Waals surface area contributed by atoms with Gasteiger partial charge in [-0.3, -0.25) is 9.89 Å². The largest absolute Gasteiger partial charge is 0.364 e. The number of H-pyrrole nitrogens is 1. The van der Waals surface area contributed by atoms with Crippen molar-refractivity contribution < 1.29 is 4.79 Å². The molecule has 1 heterocycles. The van der Waals surface area contributed by atoms with Crippen molar-refractivity contribution in [2.24, 2.45) is 5.73 Å². The maximum Gasteiger partial charge on any atom is 0.269 e. The number of aromatic amines is 1. The number of nitrogens with two attached hydrogens (primary N) is 1. The summed E-state index contributed by atoms with van der Waals surface area (Å²) in [6.45, 7) is 0. The molecular weight excluding hydrogens is 166 g/mol. The number of carbonyl (C=O) groups is 1. The lowest BCUT2D eigenvalue weighted by Crippen LogP contribution is -2.13. The van der Waals surface area contributed by atoms with Crippen molar-refractivity contribution in [2.45, 2.75) is 32.1 Å². The lowest BCUT2D eigenvalue weighted by atomic mass is 10.1. The predicted octanol–water partition coefficient (Wildman–Crippen LogP) is 0.777. The standard InChI is InChI=1S/C9H13N3O/c10-9(13)8-6-4-2-1-3-5-7(6)11-12-8/h1-5H2,(H2,10,13)(H,11,12). The van der Waals surface area contributed by atoms with E-state index in [1.165, 1.54) is 12.8 Å². The SMILES string of the molecule is NC(=O)c1n[nH]c2c1CCCCC2. The molecule has 0 aliphatic heterocycles. The van der Waals surface area contributed by atoms with Crippen LogP contribution in [0.25, 0.3) is 0 Å². The normalized spacial score (nSPS) is 16.3. The summed E-state index contributed by atoms with van der Waals surface area (Å²) in [5, 5.41) is 6.84. The van der Waals surface area contributed by atoms with Crippen molar-refractivity contribution in [1.29, 1.82) is 0 Å². The molecule has 0 fully saturated rings. The first kappa shape index (κ1) is 8.29. The summed E-state index contributed by atoms with van der Waals surface area (Å²) in [5.74, 6) is -0.417. The minimum Gasteiger partial charge on any atom is -0.364 e. The van der Waals surface area contributed by atoms with Gasteiger partial charge in [-0.05, 0) is 25.7 Å². The molecule has 0 bridgehead atoms. The van der Waals surface area contributed by atoms with E-state index >= 15 is 0 Å². The van der Waals surface area contributed by atoms with Crippen LogP contribution in [-0.4, -0.2) is 16.1 Å².